The minimum atomic E-state index is -0.935. The second-order valence-electron chi connectivity index (χ2n) is 10.1. The molecule has 0 fully saturated rings. The standard InChI is InChI=1S/C16H26O4.C9H20O2.2C4H6O2/c1-4-7-8-9-10-11-12-13-16(19-14(17)5-2)20-15(18)6-3;1-3-5-6-9(4-2,7-10)8-11;2*1-3(2)4(5)6/h5-6,16H,2-4,7-13H2,1H3;10-11H,3-8H2,1-2H3;2*1H2,2H3,(H,5,6). The Morgan fingerprint density at radius 1 is 0.698 bits per heavy atom. The van der Waals surface area contributed by atoms with Crippen molar-refractivity contribution in [3.63, 3.8) is 0 Å². The van der Waals surface area contributed by atoms with Crippen molar-refractivity contribution in [2.75, 3.05) is 13.2 Å². The maximum atomic E-state index is 11.1. The van der Waals surface area contributed by atoms with Gasteiger partial charge in [0.25, 0.3) is 0 Å². The van der Waals surface area contributed by atoms with E-state index in [1.807, 2.05) is 6.92 Å². The molecular formula is C33H58O10. The second kappa shape index (κ2) is 31.7. The molecule has 0 spiro atoms. The number of rotatable bonds is 20. The maximum Gasteiger partial charge on any atom is 0.333 e. The van der Waals surface area contributed by atoms with Crippen LogP contribution in [0.1, 0.15) is 112 Å². The molecule has 0 bridgehead atoms. The van der Waals surface area contributed by atoms with Gasteiger partial charge in [0.1, 0.15) is 0 Å². The lowest BCUT2D eigenvalue weighted by molar-refractivity contribution is -0.182. The van der Waals surface area contributed by atoms with Gasteiger partial charge in [-0.05, 0) is 33.1 Å². The summed E-state index contributed by atoms with van der Waals surface area (Å²) < 4.78 is 9.94. The molecule has 0 atom stereocenters. The molecule has 0 aromatic heterocycles. The minimum Gasteiger partial charge on any atom is -0.478 e. The number of hydrogen-bond donors (Lipinski definition) is 4. The predicted molar refractivity (Wildman–Crippen MR) is 170 cm³/mol. The van der Waals surface area contributed by atoms with Crippen LogP contribution in [0, 0.1) is 5.41 Å². The summed E-state index contributed by atoms with van der Waals surface area (Å²) >= 11 is 0. The fourth-order valence-corrected chi connectivity index (χ4v) is 2.93. The average Bonchev–Trinajstić information content (AvgIpc) is 2.98. The van der Waals surface area contributed by atoms with Crippen molar-refractivity contribution >= 4 is 23.9 Å². The van der Waals surface area contributed by atoms with Gasteiger partial charge in [0.05, 0.1) is 13.2 Å². The topological polar surface area (TPSA) is 168 Å². The number of hydrogen-bond acceptors (Lipinski definition) is 8. The molecule has 4 N–H and O–H groups in total. The molecule has 0 saturated heterocycles. The van der Waals surface area contributed by atoms with Crippen LogP contribution in [0.3, 0.4) is 0 Å². The van der Waals surface area contributed by atoms with E-state index in [0.29, 0.717) is 6.42 Å². The lowest BCUT2D eigenvalue weighted by atomic mass is 9.82. The van der Waals surface area contributed by atoms with Gasteiger partial charge >= 0.3 is 23.9 Å². The van der Waals surface area contributed by atoms with Crippen LogP contribution in [0.15, 0.2) is 49.6 Å². The lowest BCUT2D eigenvalue weighted by Crippen LogP contribution is -2.28. The van der Waals surface area contributed by atoms with Crippen LogP contribution < -0.4 is 0 Å². The van der Waals surface area contributed by atoms with E-state index < -0.39 is 30.2 Å². The zero-order valence-corrected chi connectivity index (χ0v) is 27.2. The highest BCUT2D eigenvalue weighted by atomic mass is 16.7. The average molecular weight is 615 g/mol. The van der Waals surface area contributed by atoms with Crippen LogP contribution >= 0.6 is 0 Å². The molecule has 10 heteroatoms. The van der Waals surface area contributed by atoms with Crippen molar-refractivity contribution < 1.29 is 49.1 Å². The van der Waals surface area contributed by atoms with Crippen molar-refractivity contribution in [3.8, 4) is 0 Å². The summed E-state index contributed by atoms with van der Waals surface area (Å²) in [5, 5.41) is 33.9. The van der Waals surface area contributed by atoms with Crippen LogP contribution in [-0.2, 0) is 28.7 Å². The van der Waals surface area contributed by atoms with Gasteiger partial charge in [0, 0.05) is 35.1 Å². The predicted octanol–water partition coefficient (Wildman–Crippen LogP) is 6.76. The van der Waals surface area contributed by atoms with Gasteiger partial charge in [-0.25, -0.2) is 19.2 Å². The van der Waals surface area contributed by atoms with E-state index in [1.165, 1.54) is 39.5 Å². The Kier molecular flexibility index (Phi) is 34.4. The Balaban J connectivity index is -0.000000275. The molecule has 0 aromatic rings. The lowest BCUT2D eigenvalue weighted by Gasteiger charge is -2.27. The Hall–Kier alpha value is -3.24. The largest absolute Gasteiger partial charge is 0.478 e. The molecule has 10 nitrogen and oxygen atoms in total. The van der Waals surface area contributed by atoms with Crippen LogP contribution in [0.5, 0.6) is 0 Å². The first-order valence-electron chi connectivity index (χ1n) is 14.8. The molecule has 0 aliphatic carbocycles. The van der Waals surface area contributed by atoms with E-state index in [4.69, 9.17) is 29.9 Å². The monoisotopic (exact) mass is 614 g/mol. The summed E-state index contributed by atoms with van der Waals surface area (Å²) in [5.74, 6) is -3.05. The first kappa shape index (κ1) is 46.7. The first-order chi connectivity index (χ1) is 20.2. The van der Waals surface area contributed by atoms with Crippen molar-refractivity contribution in [2.45, 2.75) is 118 Å². The van der Waals surface area contributed by atoms with Crippen LogP contribution in [-0.4, -0.2) is 63.8 Å². The summed E-state index contributed by atoms with van der Waals surface area (Å²) in [6, 6.07) is 0. The Morgan fingerprint density at radius 3 is 1.33 bits per heavy atom. The Labute approximate surface area is 259 Å². The van der Waals surface area contributed by atoms with Crippen molar-refractivity contribution in [1.29, 1.82) is 0 Å². The van der Waals surface area contributed by atoms with Gasteiger partial charge < -0.3 is 29.9 Å². The summed E-state index contributed by atoms with van der Waals surface area (Å²) in [5.41, 5.74) is 0.140. The van der Waals surface area contributed by atoms with Gasteiger partial charge in [0.2, 0.25) is 6.29 Å². The number of aliphatic carboxylic acids is 2. The third kappa shape index (κ3) is 33.1. The fourth-order valence-electron chi connectivity index (χ4n) is 2.93. The summed E-state index contributed by atoms with van der Waals surface area (Å²) in [6.07, 6.45) is 13.8. The first-order valence-corrected chi connectivity index (χ1v) is 14.8. The van der Waals surface area contributed by atoms with Gasteiger partial charge in [-0.3, -0.25) is 0 Å². The smallest absolute Gasteiger partial charge is 0.333 e. The molecule has 0 aliphatic heterocycles. The van der Waals surface area contributed by atoms with Gasteiger partial charge in [-0.15, -0.1) is 0 Å². The van der Waals surface area contributed by atoms with E-state index in [2.05, 4.69) is 40.2 Å². The number of aliphatic hydroxyl groups excluding tert-OH is 2. The molecular weight excluding hydrogens is 556 g/mol. The molecule has 0 aliphatic rings. The molecule has 0 radical (unpaired) electrons. The van der Waals surface area contributed by atoms with Crippen LogP contribution in [0.4, 0.5) is 0 Å². The number of carbonyl (C=O) groups is 4. The number of carbonyl (C=O) groups excluding carboxylic acids is 2. The molecule has 0 aromatic carbocycles. The molecule has 0 unspecified atom stereocenters. The maximum absolute atomic E-state index is 11.1. The van der Waals surface area contributed by atoms with Gasteiger partial charge in [-0.1, -0.05) is 98.5 Å². The molecule has 0 amide bonds. The number of carboxylic acid groups (broad SMARTS) is 2. The summed E-state index contributed by atoms with van der Waals surface area (Å²) in [7, 11) is 0. The van der Waals surface area contributed by atoms with Crippen molar-refractivity contribution in [2.24, 2.45) is 5.41 Å². The van der Waals surface area contributed by atoms with Crippen LogP contribution in [0.2, 0.25) is 0 Å². The SMILES string of the molecule is C=C(C)C(=O)O.C=C(C)C(=O)O.C=CC(=O)OC(CCCCCCCCC)OC(=O)C=C.CCCCC(CC)(CO)CO. The molecule has 0 rings (SSSR count). The van der Waals surface area contributed by atoms with Gasteiger partial charge in [-0.2, -0.15) is 0 Å². The number of esters is 2. The van der Waals surface area contributed by atoms with Crippen molar-refractivity contribution in [1.82, 2.24) is 0 Å². The second-order valence-corrected chi connectivity index (χ2v) is 10.1. The van der Waals surface area contributed by atoms with Gasteiger partial charge in [0.15, 0.2) is 0 Å². The number of aliphatic hydroxyl groups is 2. The number of carboxylic acids is 2. The van der Waals surface area contributed by atoms with Crippen LogP contribution in [0.25, 0.3) is 0 Å². The zero-order valence-electron chi connectivity index (χ0n) is 27.2. The van der Waals surface area contributed by atoms with E-state index in [9.17, 15) is 19.2 Å². The third-order valence-electron chi connectivity index (χ3n) is 6.08. The van der Waals surface area contributed by atoms with E-state index in [-0.39, 0.29) is 29.8 Å². The minimum absolute atomic E-state index is 0.111. The normalized spacial score (nSPS) is 9.86. The van der Waals surface area contributed by atoms with E-state index >= 15 is 0 Å². The molecule has 43 heavy (non-hydrogen) atoms. The van der Waals surface area contributed by atoms with E-state index in [0.717, 1.165) is 57.1 Å². The highest BCUT2D eigenvalue weighted by Crippen LogP contribution is 2.27. The summed E-state index contributed by atoms with van der Waals surface area (Å²) in [4.78, 5) is 41.5. The van der Waals surface area contributed by atoms with E-state index in [1.54, 1.807) is 0 Å². The molecule has 0 saturated carbocycles. The van der Waals surface area contributed by atoms with Crippen molar-refractivity contribution in [3.05, 3.63) is 49.6 Å². The number of ether oxygens (including phenoxy) is 2. The fraction of sp³-hybridized carbons (Fsp3) is 0.636. The number of unbranched alkanes of at least 4 members (excludes halogenated alkanes) is 7. The molecule has 250 valence electrons. The Morgan fingerprint density at radius 2 is 1.05 bits per heavy atom. The quantitative estimate of drug-likeness (QED) is 0.0497. The zero-order chi connectivity index (χ0) is 34.3. The highest BCUT2D eigenvalue weighted by molar-refractivity contribution is 5.85. The highest BCUT2D eigenvalue weighted by Gasteiger charge is 2.25. The Bertz CT molecular complexity index is 734. The molecule has 0 heterocycles. The summed E-state index contributed by atoms with van der Waals surface area (Å²) in [6.45, 7) is 22.4. The third-order valence-corrected chi connectivity index (χ3v) is 6.08.